The number of carboxylic acids is 1. The minimum atomic E-state index is -0.851. The Hall–Kier alpha value is -0.713. The first-order valence-corrected chi connectivity index (χ1v) is 5.54. The molecule has 0 spiro atoms. The second-order valence-electron chi connectivity index (χ2n) is 3.91. The van der Waals surface area contributed by atoms with E-state index in [0.717, 1.165) is 23.1 Å². The molecule has 3 heteroatoms. The van der Waals surface area contributed by atoms with Crippen LogP contribution in [0.15, 0.2) is 12.1 Å². The van der Waals surface area contributed by atoms with Crippen molar-refractivity contribution in [3.8, 4) is 0 Å². The van der Waals surface area contributed by atoms with E-state index in [1.807, 2.05) is 26.8 Å². The molecule has 1 aromatic carbocycles. The van der Waals surface area contributed by atoms with E-state index in [9.17, 15) is 4.79 Å². The molecule has 0 aliphatic rings. The van der Waals surface area contributed by atoms with Crippen molar-refractivity contribution in [3.63, 3.8) is 0 Å². The van der Waals surface area contributed by atoms with Gasteiger partial charge in [-0.25, -0.2) is 4.79 Å². The van der Waals surface area contributed by atoms with Crippen LogP contribution in [0.1, 0.15) is 46.8 Å². The Morgan fingerprint density at radius 1 is 1.18 bits per heavy atom. The number of unbranched alkanes of at least 4 members (excludes halogenated alkanes) is 1. The van der Waals surface area contributed by atoms with Gasteiger partial charge in [-0.3, -0.25) is 0 Å². The fraction of sp³-hybridized carbons (Fsp3) is 0.429. The zero-order chi connectivity index (χ0) is 12.7. The van der Waals surface area contributed by atoms with Gasteiger partial charge in [0.25, 0.3) is 0 Å². The van der Waals surface area contributed by atoms with Gasteiger partial charge in [-0.2, -0.15) is 6.42 Å². The predicted molar refractivity (Wildman–Crippen MR) is 67.9 cm³/mol. The summed E-state index contributed by atoms with van der Waals surface area (Å²) in [6.45, 7) is 11.4. The molecular formula is C14H21LiO2. The van der Waals surface area contributed by atoms with E-state index in [4.69, 9.17) is 5.11 Å². The summed E-state index contributed by atoms with van der Waals surface area (Å²) in [6.07, 6.45) is 2.28. The molecule has 0 saturated heterocycles. The maximum absolute atomic E-state index is 10.7. The Bertz CT molecular complexity index is 357. The first kappa shape index (κ1) is 18.6. The smallest absolute Gasteiger partial charge is 0.478 e. The minimum absolute atomic E-state index is 0. The molecule has 0 aliphatic heterocycles. The predicted octanol–water partition coefficient (Wildman–Crippen LogP) is 0.935. The summed E-state index contributed by atoms with van der Waals surface area (Å²) in [6, 6.07) is 3.62. The number of carbonyl (C=O) groups is 1. The fourth-order valence-electron chi connectivity index (χ4n) is 1.19. The van der Waals surface area contributed by atoms with E-state index < -0.39 is 5.97 Å². The van der Waals surface area contributed by atoms with Crippen LogP contribution in [0.2, 0.25) is 0 Å². The second kappa shape index (κ2) is 9.33. The normalized spacial score (nSPS) is 8.76. The largest absolute Gasteiger partial charge is 1.00 e. The first-order valence-electron chi connectivity index (χ1n) is 5.54. The molecule has 0 saturated carbocycles. The van der Waals surface area contributed by atoms with Crippen LogP contribution in [0.25, 0.3) is 0 Å². The van der Waals surface area contributed by atoms with Crippen LogP contribution in [-0.2, 0) is 0 Å². The monoisotopic (exact) mass is 228 g/mol. The van der Waals surface area contributed by atoms with E-state index in [-0.39, 0.29) is 18.9 Å². The molecule has 0 heterocycles. The molecule has 1 aromatic rings. The van der Waals surface area contributed by atoms with Gasteiger partial charge in [0.1, 0.15) is 0 Å². The van der Waals surface area contributed by atoms with Crippen molar-refractivity contribution in [2.45, 2.75) is 40.5 Å². The van der Waals surface area contributed by atoms with Gasteiger partial charge < -0.3 is 12.0 Å². The Morgan fingerprint density at radius 2 is 1.59 bits per heavy atom. The van der Waals surface area contributed by atoms with E-state index in [0.29, 0.717) is 5.56 Å². The molecular weight excluding hydrogens is 207 g/mol. The molecule has 1 rings (SSSR count). The summed E-state index contributed by atoms with van der Waals surface area (Å²) in [5.74, 6) is -0.851. The molecule has 0 atom stereocenters. The number of hydrogen-bond acceptors (Lipinski definition) is 1. The third kappa shape index (κ3) is 6.56. The van der Waals surface area contributed by atoms with Crippen LogP contribution in [-0.4, -0.2) is 11.1 Å². The zero-order valence-electron chi connectivity index (χ0n) is 11.6. The maximum atomic E-state index is 10.7. The van der Waals surface area contributed by atoms with E-state index >= 15 is 0 Å². The molecule has 0 fully saturated rings. The maximum Gasteiger partial charge on any atom is 1.00 e. The number of rotatable bonds is 2. The van der Waals surface area contributed by atoms with Gasteiger partial charge in [0.15, 0.2) is 0 Å². The van der Waals surface area contributed by atoms with Crippen LogP contribution < -0.4 is 18.9 Å². The van der Waals surface area contributed by atoms with Crippen molar-refractivity contribution in [1.29, 1.82) is 0 Å². The molecule has 0 radical (unpaired) electrons. The summed E-state index contributed by atoms with van der Waals surface area (Å²) in [5.41, 5.74) is 3.39. The van der Waals surface area contributed by atoms with Gasteiger partial charge >= 0.3 is 24.8 Å². The Balaban J connectivity index is 0. The summed E-state index contributed by atoms with van der Waals surface area (Å²) in [7, 11) is 0. The molecule has 0 unspecified atom stereocenters. The van der Waals surface area contributed by atoms with Crippen molar-refractivity contribution >= 4 is 5.97 Å². The van der Waals surface area contributed by atoms with Crippen LogP contribution >= 0.6 is 0 Å². The van der Waals surface area contributed by atoms with Crippen molar-refractivity contribution < 1.29 is 28.8 Å². The first-order chi connectivity index (χ1) is 7.43. The van der Waals surface area contributed by atoms with Gasteiger partial charge in [0.2, 0.25) is 0 Å². The number of aryl methyl sites for hydroxylation is 3. The summed E-state index contributed by atoms with van der Waals surface area (Å²) < 4.78 is 0. The Kier molecular flexibility index (Phi) is 10.2. The van der Waals surface area contributed by atoms with Crippen LogP contribution in [0.4, 0.5) is 0 Å². The summed E-state index contributed by atoms with van der Waals surface area (Å²) in [5, 5.41) is 8.78. The molecule has 0 aliphatic carbocycles. The minimum Gasteiger partial charge on any atom is -0.478 e. The molecule has 2 nitrogen and oxygen atoms in total. The van der Waals surface area contributed by atoms with Gasteiger partial charge in [-0.1, -0.05) is 19.4 Å². The third-order valence-electron chi connectivity index (χ3n) is 2.42. The number of carboxylic acid groups (broad SMARTS) is 1. The Labute approximate surface area is 117 Å². The average Bonchev–Trinajstić information content (AvgIpc) is 2.23. The van der Waals surface area contributed by atoms with E-state index in [1.54, 1.807) is 6.07 Å². The Morgan fingerprint density at radius 3 is 1.94 bits per heavy atom. The summed E-state index contributed by atoms with van der Waals surface area (Å²) >= 11 is 0. The van der Waals surface area contributed by atoms with Gasteiger partial charge in [0, 0.05) is 0 Å². The molecule has 90 valence electrons. The quantitative estimate of drug-likeness (QED) is 0.604. The van der Waals surface area contributed by atoms with Gasteiger partial charge in [-0.05, 0) is 43.5 Å². The molecule has 17 heavy (non-hydrogen) atoms. The van der Waals surface area contributed by atoms with Crippen LogP contribution in [0, 0.1) is 27.7 Å². The molecule has 0 bridgehead atoms. The number of hydrogen-bond donors (Lipinski definition) is 1. The van der Waals surface area contributed by atoms with Gasteiger partial charge in [0.05, 0.1) is 5.56 Å². The van der Waals surface area contributed by atoms with Crippen molar-refractivity contribution in [2.24, 2.45) is 0 Å². The third-order valence-corrected chi connectivity index (χ3v) is 2.42. The van der Waals surface area contributed by atoms with Crippen molar-refractivity contribution in [2.75, 3.05) is 0 Å². The van der Waals surface area contributed by atoms with Gasteiger partial charge in [-0.15, -0.1) is 0 Å². The topological polar surface area (TPSA) is 37.3 Å². The van der Waals surface area contributed by atoms with E-state index in [2.05, 4.69) is 13.8 Å². The number of aromatic carboxylic acids is 1. The molecule has 0 amide bonds. The summed E-state index contributed by atoms with van der Waals surface area (Å²) in [4.78, 5) is 10.7. The van der Waals surface area contributed by atoms with E-state index in [1.165, 1.54) is 6.42 Å². The van der Waals surface area contributed by atoms with Crippen molar-refractivity contribution in [1.82, 2.24) is 0 Å². The van der Waals surface area contributed by atoms with Crippen LogP contribution in [0.5, 0.6) is 0 Å². The average molecular weight is 228 g/mol. The zero-order valence-corrected chi connectivity index (χ0v) is 11.6. The molecule has 1 N–H and O–H groups in total. The second-order valence-corrected chi connectivity index (χ2v) is 3.91. The van der Waals surface area contributed by atoms with Crippen molar-refractivity contribution in [3.05, 3.63) is 41.3 Å². The SMILES string of the molecule is Cc1cc(C)c(C(=O)O)cc1C.[CH2-]CCC.[Li+]. The fourth-order valence-corrected chi connectivity index (χ4v) is 1.19. The molecule has 0 aromatic heterocycles. The number of benzene rings is 1. The standard InChI is InChI=1S/C10H12O2.C4H9.Li/c1-6-4-8(3)9(10(11)12)5-7(6)2;1-3-4-2;/h4-5H,1-3H3,(H,11,12);1,3-4H2,2H3;/q;-1;+1. The van der Waals surface area contributed by atoms with Crippen LogP contribution in [0.3, 0.4) is 0 Å².